The van der Waals surface area contributed by atoms with Gasteiger partial charge in [-0.1, -0.05) is 36.4 Å². The van der Waals surface area contributed by atoms with Gasteiger partial charge in [-0.15, -0.1) is 0 Å². The molecule has 1 aliphatic rings. The number of hydrogen-bond donors (Lipinski definition) is 1. The van der Waals surface area contributed by atoms with Crippen LogP contribution < -0.4 is 5.32 Å². The van der Waals surface area contributed by atoms with Crippen molar-refractivity contribution >= 4 is 29.2 Å². The van der Waals surface area contributed by atoms with Crippen LogP contribution in [-0.2, 0) is 19.1 Å². The summed E-state index contributed by atoms with van der Waals surface area (Å²) in [6.45, 7) is 4.45. The number of carbonyl (C=O) groups is 4. The first-order valence-electron chi connectivity index (χ1n) is 10.5. The molecule has 0 unspecified atom stereocenters. The molecule has 0 atom stereocenters. The first kappa shape index (κ1) is 23.1. The minimum absolute atomic E-state index is 0.0635. The van der Waals surface area contributed by atoms with Crippen molar-refractivity contribution in [3.8, 4) is 0 Å². The molecular formula is C24H26N2O6. The third-order valence-electron chi connectivity index (χ3n) is 5.01. The number of hydrogen-bond acceptors (Lipinski definition) is 8. The molecule has 0 amide bonds. The smallest absolute Gasteiger partial charge is 0.320 e. The number of benzene rings is 2. The Bertz CT molecular complexity index is 1010. The van der Waals surface area contributed by atoms with Crippen molar-refractivity contribution < 1.29 is 28.7 Å². The summed E-state index contributed by atoms with van der Waals surface area (Å²) in [6.07, 6.45) is 0. The van der Waals surface area contributed by atoms with Crippen LogP contribution in [0, 0.1) is 0 Å². The molecule has 8 heteroatoms. The van der Waals surface area contributed by atoms with E-state index in [0.29, 0.717) is 41.0 Å². The average molecular weight is 438 g/mol. The lowest BCUT2D eigenvalue weighted by Crippen LogP contribution is -2.39. The van der Waals surface area contributed by atoms with Gasteiger partial charge < -0.3 is 14.8 Å². The highest BCUT2D eigenvalue weighted by molar-refractivity contribution is 6.30. The summed E-state index contributed by atoms with van der Waals surface area (Å²) in [4.78, 5) is 51.3. The zero-order valence-corrected chi connectivity index (χ0v) is 18.2. The second kappa shape index (κ2) is 10.7. The molecule has 0 spiro atoms. The molecule has 168 valence electrons. The van der Waals surface area contributed by atoms with Gasteiger partial charge in [-0.3, -0.25) is 24.1 Å². The van der Waals surface area contributed by atoms with Crippen LogP contribution in [0.25, 0.3) is 0 Å². The highest BCUT2D eigenvalue weighted by Crippen LogP contribution is 2.31. The average Bonchev–Trinajstić information content (AvgIpc) is 2.77. The van der Waals surface area contributed by atoms with Crippen LogP contribution in [0.4, 0.5) is 5.69 Å². The Morgan fingerprint density at radius 2 is 1.38 bits per heavy atom. The Hall–Kier alpha value is -3.52. The number of nitrogens with one attached hydrogen (secondary N) is 1. The molecule has 0 saturated heterocycles. The number of esters is 2. The summed E-state index contributed by atoms with van der Waals surface area (Å²) in [5.41, 5.74) is 2.00. The zero-order chi connectivity index (χ0) is 23.1. The Morgan fingerprint density at radius 1 is 0.812 bits per heavy atom. The van der Waals surface area contributed by atoms with Crippen LogP contribution in [0.2, 0.25) is 0 Å². The second-order valence-electron chi connectivity index (χ2n) is 7.18. The van der Waals surface area contributed by atoms with Gasteiger partial charge in [0.15, 0.2) is 11.6 Å². The van der Waals surface area contributed by atoms with E-state index < -0.39 is 11.9 Å². The summed E-state index contributed by atoms with van der Waals surface area (Å²) in [6, 6.07) is 11.9. The van der Waals surface area contributed by atoms with Crippen LogP contribution in [-0.4, -0.2) is 67.8 Å². The topological polar surface area (TPSA) is 102 Å². The van der Waals surface area contributed by atoms with Gasteiger partial charge >= 0.3 is 11.9 Å². The minimum atomic E-state index is -0.439. The molecule has 32 heavy (non-hydrogen) atoms. The van der Waals surface area contributed by atoms with E-state index in [0.717, 1.165) is 0 Å². The lowest BCUT2D eigenvalue weighted by molar-refractivity contribution is -0.148. The Balaban J connectivity index is 1.73. The van der Waals surface area contributed by atoms with Crippen LogP contribution in [0.5, 0.6) is 0 Å². The largest absolute Gasteiger partial charge is 0.465 e. The van der Waals surface area contributed by atoms with Crippen molar-refractivity contribution in [2.24, 2.45) is 0 Å². The van der Waals surface area contributed by atoms with E-state index in [9.17, 15) is 19.2 Å². The maximum Gasteiger partial charge on any atom is 0.320 e. The molecule has 8 nitrogen and oxygen atoms in total. The number of ketones is 2. The maximum absolute atomic E-state index is 13.1. The lowest BCUT2D eigenvalue weighted by atomic mass is 9.83. The molecule has 1 aliphatic carbocycles. The predicted octanol–water partition coefficient (Wildman–Crippen LogP) is 2.30. The summed E-state index contributed by atoms with van der Waals surface area (Å²) in [5, 5.41) is 3.18. The van der Waals surface area contributed by atoms with Crippen molar-refractivity contribution in [1.82, 2.24) is 4.90 Å². The first-order valence-corrected chi connectivity index (χ1v) is 10.5. The fourth-order valence-electron chi connectivity index (χ4n) is 3.63. The third-order valence-corrected chi connectivity index (χ3v) is 5.01. The monoisotopic (exact) mass is 438 g/mol. The van der Waals surface area contributed by atoms with Crippen molar-refractivity contribution in [3.63, 3.8) is 0 Å². The highest BCUT2D eigenvalue weighted by atomic mass is 16.5. The maximum atomic E-state index is 13.1. The van der Waals surface area contributed by atoms with Crippen molar-refractivity contribution in [3.05, 3.63) is 64.7 Å². The van der Waals surface area contributed by atoms with E-state index in [4.69, 9.17) is 9.47 Å². The Morgan fingerprint density at radius 3 is 1.97 bits per heavy atom. The predicted molar refractivity (Wildman–Crippen MR) is 118 cm³/mol. The molecular weight excluding hydrogens is 412 g/mol. The summed E-state index contributed by atoms with van der Waals surface area (Å²) < 4.78 is 9.95. The lowest BCUT2D eigenvalue weighted by Gasteiger charge is -2.23. The molecule has 1 N–H and O–H groups in total. The SMILES string of the molecule is CCOC(=O)CN(CCNc1cccc2c1C(=O)c1ccccc1C2=O)CC(=O)OCC. The molecule has 0 aromatic heterocycles. The number of anilines is 1. The van der Waals surface area contributed by atoms with Gasteiger partial charge in [0, 0.05) is 35.5 Å². The molecule has 0 saturated carbocycles. The number of carbonyl (C=O) groups excluding carboxylic acids is 4. The van der Waals surface area contributed by atoms with Crippen LogP contribution in [0.3, 0.4) is 0 Å². The molecule has 2 aromatic rings. The van der Waals surface area contributed by atoms with Gasteiger partial charge in [-0.05, 0) is 19.9 Å². The van der Waals surface area contributed by atoms with E-state index in [2.05, 4.69) is 5.32 Å². The van der Waals surface area contributed by atoms with E-state index in [-0.39, 0.29) is 37.9 Å². The summed E-state index contributed by atoms with van der Waals surface area (Å²) in [7, 11) is 0. The van der Waals surface area contributed by atoms with Crippen LogP contribution in [0.15, 0.2) is 42.5 Å². The van der Waals surface area contributed by atoms with Gasteiger partial charge in [0.05, 0.1) is 31.9 Å². The molecule has 3 rings (SSSR count). The van der Waals surface area contributed by atoms with Crippen LogP contribution >= 0.6 is 0 Å². The van der Waals surface area contributed by atoms with Crippen molar-refractivity contribution in [1.29, 1.82) is 0 Å². The van der Waals surface area contributed by atoms with Crippen molar-refractivity contribution in [2.75, 3.05) is 44.7 Å². The van der Waals surface area contributed by atoms with Gasteiger partial charge in [0.25, 0.3) is 0 Å². The highest BCUT2D eigenvalue weighted by Gasteiger charge is 2.31. The second-order valence-corrected chi connectivity index (χ2v) is 7.18. The van der Waals surface area contributed by atoms with E-state index in [1.807, 2.05) is 0 Å². The van der Waals surface area contributed by atoms with E-state index in [1.54, 1.807) is 61.2 Å². The third kappa shape index (κ3) is 5.20. The van der Waals surface area contributed by atoms with Crippen LogP contribution in [0.1, 0.15) is 45.7 Å². The van der Waals surface area contributed by atoms with E-state index >= 15 is 0 Å². The zero-order valence-electron chi connectivity index (χ0n) is 18.2. The molecule has 2 aromatic carbocycles. The number of rotatable bonds is 10. The summed E-state index contributed by atoms with van der Waals surface area (Å²) >= 11 is 0. The normalized spacial score (nSPS) is 12.2. The van der Waals surface area contributed by atoms with Gasteiger partial charge in [0.2, 0.25) is 0 Å². The van der Waals surface area contributed by atoms with Crippen molar-refractivity contribution in [2.45, 2.75) is 13.8 Å². The molecule has 0 aliphatic heterocycles. The molecule has 0 bridgehead atoms. The van der Waals surface area contributed by atoms with Gasteiger partial charge in [0.1, 0.15) is 0 Å². The van der Waals surface area contributed by atoms with Gasteiger partial charge in [-0.25, -0.2) is 0 Å². The number of ether oxygens (including phenoxy) is 2. The summed E-state index contributed by atoms with van der Waals surface area (Å²) in [5.74, 6) is -1.28. The molecule has 0 radical (unpaired) electrons. The standard InChI is InChI=1S/C24H26N2O6/c1-3-31-20(27)14-26(15-21(28)32-4-2)13-12-25-19-11-7-10-18-22(19)24(30)17-9-6-5-8-16(17)23(18)29/h5-11,25H,3-4,12-15H2,1-2H3. The number of nitrogens with zero attached hydrogens (tertiary/aromatic N) is 1. The molecule has 0 fully saturated rings. The first-order chi connectivity index (χ1) is 15.5. The van der Waals surface area contributed by atoms with E-state index in [1.165, 1.54) is 0 Å². The minimum Gasteiger partial charge on any atom is -0.465 e. The molecule has 0 heterocycles. The Kier molecular flexibility index (Phi) is 7.72. The Labute approximate surface area is 186 Å². The van der Waals surface area contributed by atoms with Gasteiger partial charge in [-0.2, -0.15) is 0 Å². The fourth-order valence-corrected chi connectivity index (χ4v) is 3.63. The quantitative estimate of drug-likeness (QED) is 0.481. The fraction of sp³-hybridized carbons (Fsp3) is 0.333. The number of fused-ring (bicyclic) bond motifs is 2.